The van der Waals surface area contributed by atoms with Gasteiger partial charge in [0.25, 0.3) is 0 Å². The van der Waals surface area contributed by atoms with Crippen molar-refractivity contribution in [3.8, 4) is 0 Å². The highest BCUT2D eigenvalue weighted by Gasteiger charge is 2.30. The lowest BCUT2D eigenvalue weighted by atomic mass is 10.2. The summed E-state index contributed by atoms with van der Waals surface area (Å²) in [6.07, 6.45) is 4.16. The van der Waals surface area contributed by atoms with Crippen LogP contribution in [0.2, 0.25) is 0 Å². The number of hydrogen-bond acceptors (Lipinski definition) is 5. The number of aromatic nitrogens is 1. The fourth-order valence-corrected chi connectivity index (χ4v) is 3.37. The number of carbonyl (C=O) groups is 1. The van der Waals surface area contributed by atoms with E-state index in [1.807, 2.05) is 30.3 Å². The Morgan fingerprint density at radius 1 is 1.20 bits per heavy atom. The molecule has 0 aromatic carbocycles. The topological polar surface area (TPSA) is 70.8 Å². The van der Waals surface area contributed by atoms with E-state index in [2.05, 4.69) is 15.2 Å². The van der Waals surface area contributed by atoms with E-state index in [1.165, 1.54) is 0 Å². The summed E-state index contributed by atoms with van der Waals surface area (Å²) in [5.41, 5.74) is 0. The smallest absolute Gasteiger partial charge is 0.317 e. The molecule has 7 heteroatoms. The highest BCUT2D eigenvalue weighted by molar-refractivity contribution is 5.75. The van der Waals surface area contributed by atoms with Gasteiger partial charge in [0.15, 0.2) is 0 Å². The Hall–Kier alpha value is -2.54. The summed E-state index contributed by atoms with van der Waals surface area (Å²) < 4.78 is 11.1. The van der Waals surface area contributed by atoms with Crippen molar-refractivity contribution in [2.24, 2.45) is 0 Å². The number of hydrogen-bond donors (Lipinski definition) is 1. The van der Waals surface area contributed by atoms with Crippen molar-refractivity contribution in [2.75, 3.05) is 37.7 Å². The number of ether oxygens (including phenoxy) is 1. The molecule has 25 heavy (non-hydrogen) atoms. The molecule has 2 unspecified atom stereocenters. The van der Waals surface area contributed by atoms with Crippen molar-refractivity contribution in [1.82, 2.24) is 15.2 Å². The molecule has 4 heterocycles. The fraction of sp³-hybridized carbons (Fsp3) is 0.444. The molecule has 2 aliphatic heterocycles. The molecule has 2 saturated heterocycles. The summed E-state index contributed by atoms with van der Waals surface area (Å²) >= 11 is 0. The van der Waals surface area contributed by atoms with E-state index in [0.29, 0.717) is 19.7 Å². The normalized spacial score (nSPS) is 23.7. The number of rotatable bonds is 3. The van der Waals surface area contributed by atoms with E-state index < -0.39 is 0 Å². The van der Waals surface area contributed by atoms with Crippen LogP contribution in [0.4, 0.5) is 10.6 Å². The van der Waals surface area contributed by atoms with Crippen molar-refractivity contribution in [1.29, 1.82) is 0 Å². The third kappa shape index (κ3) is 3.61. The molecule has 2 amide bonds. The number of nitrogens with zero attached hydrogens (tertiary/aromatic N) is 3. The molecule has 0 saturated carbocycles. The number of morpholine rings is 1. The van der Waals surface area contributed by atoms with Crippen molar-refractivity contribution in [3.05, 3.63) is 48.6 Å². The van der Waals surface area contributed by atoms with Crippen molar-refractivity contribution >= 4 is 11.8 Å². The average molecular weight is 342 g/mol. The molecule has 4 rings (SSSR count). The van der Waals surface area contributed by atoms with Crippen LogP contribution in [0.25, 0.3) is 0 Å². The SMILES string of the molecule is O=C(NC1CCN(c2ccccn2)C1)N1CCOC(c2ccco2)C1. The number of anilines is 1. The van der Waals surface area contributed by atoms with Crippen LogP contribution in [0.1, 0.15) is 18.3 Å². The molecule has 2 aliphatic rings. The van der Waals surface area contributed by atoms with E-state index in [-0.39, 0.29) is 18.2 Å². The maximum atomic E-state index is 12.6. The van der Waals surface area contributed by atoms with Crippen LogP contribution >= 0.6 is 0 Å². The van der Waals surface area contributed by atoms with Gasteiger partial charge in [0.05, 0.1) is 19.4 Å². The van der Waals surface area contributed by atoms with Gasteiger partial charge in [-0.25, -0.2) is 9.78 Å². The molecule has 0 bridgehead atoms. The van der Waals surface area contributed by atoms with Crippen LogP contribution in [0, 0.1) is 0 Å². The van der Waals surface area contributed by atoms with Gasteiger partial charge in [-0.05, 0) is 30.7 Å². The Labute approximate surface area is 146 Å². The molecule has 0 spiro atoms. The van der Waals surface area contributed by atoms with Crippen molar-refractivity contribution < 1.29 is 13.9 Å². The zero-order valence-corrected chi connectivity index (χ0v) is 14.0. The van der Waals surface area contributed by atoms with Gasteiger partial charge in [-0.2, -0.15) is 0 Å². The highest BCUT2D eigenvalue weighted by Crippen LogP contribution is 2.23. The molecule has 0 aliphatic carbocycles. The lowest BCUT2D eigenvalue weighted by molar-refractivity contribution is -0.0262. The zero-order valence-electron chi connectivity index (χ0n) is 14.0. The summed E-state index contributed by atoms with van der Waals surface area (Å²) in [7, 11) is 0. The Morgan fingerprint density at radius 2 is 2.16 bits per heavy atom. The van der Waals surface area contributed by atoms with Crippen LogP contribution in [0.5, 0.6) is 0 Å². The predicted molar refractivity (Wildman–Crippen MR) is 92.4 cm³/mol. The van der Waals surface area contributed by atoms with E-state index in [9.17, 15) is 4.79 Å². The van der Waals surface area contributed by atoms with Gasteiger partial charge in [0, 0.05) is 31.9 Å². The summed E-state index contributed by atoms with van der Waals surface area (Å²) in [5.74, 6) is 1.73. The van der Waals surface area contributed by atoms with Crippen molar-refractivity contribution in [2.45, 2.75) is 18.6 Å². The van der Waals surface area contributed by atoms with Gasteiger partial charge in [-0.1, -0.05) is 6.07 Å². The first-order chi connectivity index (χ1) is 12.3. The number of urea groups is 1. The Kier molecular flexibility index (Phi) is 4.56. The molecular formula is C18H22N4O3. The zero-order chi connectivity index (χ0) is 17.1. The van der Waals surface area contributed by atoms with Gasteiger partial charge < -0.3 is 24.3 Å². The standard InChI is InChI=1S/C18H22N4O3/c23-18(22-9-11-25-16(13-22)15-4-3-10-24-15)20-14-6-8-21(12-14)17-5-1-2-7-19-17/h1-5,7,10,14,16H,6,8-9,11-13H2,(H,20,23). The van der Waals surface area contributed by atoms with Crippen LogP contribution in [-0.4, -0.2) is 54.7 Å². The van der Waals surface area contributed by atoms with Gasteiger partial charge in [0.2, 0.25) is 0 Å². The van der Waals surface area contributed by atoms with Crippen molar-refractivity contribution in [3.63, 3.8) is 0 Å². The molecule has 0 radical (unpaired) electrons. The second-order valence-corrected chi connectivity index (χ2v) is 6.39. The molecule has 2 atom stereocenters. The number of nitrogens with one attached hydrogen (secondary N) is 1. The van der Waals surface area contributed by atoms with Crippen LogP contribution in [0.15, 0.2) is 47.2 Å². The number of pyridine rings is 1. The van der Waals surface area contributed by atoms with Gasteiger partial charge in [0.1, 0.15) is 17.7 Å². The highest BCUT2D eigenvalue weighted by atomic mass is 16.5. The minimum absolute atomic E-state index is 0.0345. The Bertz CT molecular complexity index is 692. The third-order valence-electron chi connectivity index (χ3n) is 4.70. The van der Waals surface area contributed by atoms with E-state index in [0.717, 1.165) is 31.1 Å². The van der Waals surface area contributed by atoms with E-state index in [4.69, 9.17) is 9.15 Å². The predicted octanol–water partition coefficient (Wildman–Crippen LogP) is 2.04. The van der Waals surface area contributed by atoms with E-state index >= 15 is 0 Å². The minimum Gasteiger partial charge on any atom is -0.467 e. The summed E-state index contributed by atoms with van der Waals surface area (Å²) in [6.45, 7) is 3.31. The molecule has 2 aromatic rings. The first-order valence-corrected chi connectivity index (χ1v) is 8.66. The van der Waals surface area contributed by atoms with Gasteiger partial charge >= 0.3 is 6.03 Å². The van der Waals surface area contributed by atoms with E-state index in [1.54, 1.807) is 17.4 Å². The Morgan fingerprint density at radius 3 is 2.96 bits per heavy atom. The van der Waals surface area contributed by atoms with Crippen LogP contribution in [0.3, 0.4) is 0 Å². The second-order valence-electron chi connectivity index (χ2n) is 6.39. The third-order valence-corrected chi connectivity index (χ3v) is 4.70. The Balaban J connectivity index is 1.31. The molecular weight excluding hydrogens is 320 g/mol. The first kappa shape index (κ1) is 16.0. The second kappa shape index (κ2) is 7.14. The molecule has 132 valence electrons. The van der Waals surface area contributed by atoms with Crippen LogP contribution in [-0.2, 0) is 4.74 Å². The molecule has 7 nitrogen and oxygen atoms in total. The monoisotopic (exact) mass is 342 g/mol. The fourth-order valence-electron chi connectivity index (χ4n) is 3.37. The lowest BCUT2D eigenvalue weighted by Crippen LogP contribution is -2.50. The quantitative estimate of drug-likeness (QED) is 0.924. The molecule has 2 aromatic heterocycles. The van der Waals surface area contributed by atoms with Gasteiger partial charge in [-0.3, -0.25) is 0 Å². The summed E-state index contributed by atoms with van der Waals surface area (Å²) in [4.78, 5) is 21.0. The summed E-state index contributed by atoms with van der Waals surface area (Å²) in [5, 5.41) is 3.15. The number of furan rings is 1. The van der Waals surface area contributed by atoms with Crippen LogP contribution < -0.4 is 10.2 Å². The molecule has 1 N–H and O–H groups in total. The number of carbonyl (C=O) groups excluding carboxylic acids is 1. The average Bonchev–Trinajstić information content (AvgIpc) is 3.35. The maximum absolute atomic E-state index is 12.6. The number of amides is 2. The first-order valence-electron chi connectivity index (χ1n) is 8.66. The molecule has 2 fully saturated rings. The summed E-state index contributed by atoms with van der Waals surface area (Å²) in [6, 6.07) is 9.71. The lowest BCUT2D eigenvalue weighted by Gasteiger charge is -2.32. The minimum atomic E-state index is -0.192. The van der Waals surface area contributed by atoms with Gasteiger partial charge in [-0.15, -0.1) is 0 Å². The maximum Gasteiger partial charge on any atom is 0.317 e. The largest absolute Gasteiger partial charge is 0.467 e.